The maximum Gasteiger partial charge on any atom is 0.322 e. The second-order valence-corrected chi connectivity index (χ2v) is 9.32. The molecular weight excluding hydrogens is 442 g/mol. The predicted octanol–water partition coefficient (Wildman–Crippen LogP) is 5.23. The monoisotopic (exact) mass is 477 g/mol. The number of hydrogen-bond donors (Lipinski definition) is 2. The van der Waals surface area contributed by atoms with E-state index in [1.165, 1.54) is 10.5 Å². The standard InChI is InChI=1S/C27H35N5O3/c1-7-19-9-11-20(12-10-19)28-26(34)31(8-2)18-25(33)29-24-17-23(27(3,4)5)30-32(24)21-13-15-22(35-6)16-14-21/h9-17H,7-8,18H2,1-6H3,(H,28,34)(H,29,33). The number of urea groups is 1. The van der Waals surface area contributed by atoms with Crippen molar-refractivity contribution in [1.82, 2.24) is 14.7 Å². The fourth-order valence-electron chi connectivity index (χ4n) is 3.47. The summed E-state index contributed by atoms with van der Waals surface area (Å²) in [5.74, 6) is 0.964. The van der Waals surface area contributed by atoms with Crippen LogP contribution in [0.3, 0.4) is 0 Å². The maximum absolute atomic E-state index is 13.0. The molecule has 0 unspecified atom stereocenters. The first-order chi connectivity index (χ1) is 16.6. The number of amides is 3. The van der Waals surface area contributed by atoms with Gasteiger partial charge in [-0.05, 0) is 55.3 Å². The van der Waals surface area contributed by atoms with Gasteiger partial charge in [-0.2, -0.15) is 5.10 Å². The van der Waals surface area contributed by atoms with Gasteiger partial charge in [0.1, 0.15) is 18.1 Å². The second-order valence-electron chi connectivity index (χ2n) is 9.32. The van der Waals surface area contributed by atoms with Gasteiger partial charge < -0.3 is 20.3 Å². The van der Waals surface area contributed by atoms with Crippen molar-refractivity contribution in [2.75, 3.05) is 30.8 Å². The van der Waals surface area contributed by atoms with Crippen LogP contribution in [0.15, 0.2) is 54.6 Å². The van der Waals surface area contributed by atoms with E-state index in [0.29, 0.717) is 18.1 Å². The Labute approximate surface area is 207 Å². The van der Waals surface area contributed by atoms with Crippen molar-refractivity contribution < 1.29 is 14.3 Å². The summed E-state index contributed by atoms with van der Waals surface area (Å²) in [5.41, 5.74) is 3.30. The highest BCUT2D eigenvalue weighted by atomic mass is 16.5. The van der Waals surface area contributed by atoms with Crippen molar-refractivity contribution >= 4 is 23.4 Å². The molecule has 0 bridgehead atoms. The van der Waals surface area contributed by atoms with Gasteiger partial charge in [0.05, 0.1) is 18.5 Å². The molecule has 0 saturated heterocycles. The summed E-state index contributed by atoms with van der Waals surface area (Å²) in [7, 11) is 1.61. The van der Waals surface area contributed by atoms with E-state index in [2.05, 4.69) is 38.3 Å². The highest BCUT2D eigenvalue weighted by Gasteiger charge is 2.23. The SMILES string of the molecule is CCc1ccc(NC(=O)N(CC)CC(=O)Nc2cc(C(C)(C)C)nn2-c2ccc(OC)cc2)cc1. The molecule has 1 aromatic heterocycles. The number of hydrogen-bond acceptors (Lipinski definition) is 4. The van der Waals surface area contributed by atoms with E-state index in [0.717, 1.165) is 23.6 Å². The van der Waals surface area contributed by atoms with E-state index in [1.807, 2.05) is 61.5 Å². The van der Waals surface area contributed by atoms with Crippen LogP contribution in [0, 0.1) is 0 Å². The van der Waals surface area contributed by atoms with Crippen molar-refractivity contribution in [1.29, 1.82) is 0 Å². The van der Waals surface area contributed by atoms with E-state index in [9.17, 15) is 9.59 Å². The van der Waals surface area contributed by atoms with Crippen molar-refractivity contribution in [3.8, 4) is 11.4 Å². The fraction of sp³-hybridized carbons (Fsp3) is 0.370. The number of rotatable bonds is 8. The molecule has 35 heavy (non-hydrogen) atoms. The number of anilines is 2. The zero-order chi connectivity index (χ0) is 25.6. The Morgan fingerprint density at radius 1 is 1.00 bits per heavy atom. The molecule has 3 aromatic rings. The Morgan fingerprint density at radius 2 is 1.66 bits per heavy atom. The van der Waals surface area contributed by atoms with Gasteiger partial charge in [0.25, 0.3) is 0 Å². The van der Waals surface area contributed by atoms with Gasteiger partial charge in [-0.3, -0.25) is 4.79 Å². The van der Waals surface area contributed by atoms with Gasteiger partial charge in [0, 0.05) is 23.7 Å². The zero-order valence-corrected chi connectivity index (χ0v) is 21.4. The summed E-state index contributed by atoms with van der Waals surface area (Å²) < 4.78 is 6.95. The quantitative estimate of drug-likeness (QED) is 0.465. The first-order valence-electron chi connectivity index (χ1n) is 11.8. The van der Waals surface area contributed by atoms with Crippen molar-refractivity contribution in [2.24, 2.45) is 0 Å². The first-order valence-corrected chi connectivity index (χ1v) is 11.8. The molecule has 0 aliphatic heterocycles. The minimum atomic E-state index is -0.328. The molecule has 8 nitrogen and oxygen atoms in total. The molecule has 1 heterocycles. The number of nitrogens with zero attached hydrogens (tertiary/aromatic N) is 3. The number of carbonyl (C=O) groups is 2. The molecule has 0 spiro atoms. The molecule has 0 radical (unpaired) electrons. The molecule has 0 atom stereocenters. The number of carbonyl (C=O) groups excluding carboxylic acids is 2. The lowest BCUT2D eigenvalue weighted by atomic mass is 9.92. The fourth-order valence-corrected chi connectivity index (χ4v) is 3.47. The summed E-state index contributed by atoms with van der Waals surface area (Å²) in [6.45, 7) is 10.4. The van der Waals surface area contributed by atoms with Crippen LogP contribution in [0.25, 0.3) is 5.69 Å². The number of aryl methyl sites for hydroxylation is 1. The van der Waals surface area contributed by atoms with E-state index in [1.54, 1.807) is 11.8 Å². The zero-order valence-electron chi connectivity index (χ0n) is 21.4. The van der Waals surface area contributed by atoms with Crippen LogP contribution >= 0.6 is 0 Å². The van der Waals surface area contributed by atoms with Crippen LogP contribution in [0.4, 0.5) is 16.3 Å². The van der Waals surface area contributed by atoms with E-state index in [4.69, 9.17) is 9.84 Å². The van der Waals surface area contributed by atoms with Gasteiger partial charge in [-0.15, -0.1) is 0 Å². The number of aromatic nitrogens is 2. The number of nitrogens with one attached hydrogen (secondary N) is 2. The molecule has 0 fully saturated rings. The Kier molecular flexibility index (Phi) is 8.17. The molecule has 0 saturated carbocycles. The third-order valence-electron chi connectivity index (χ3n) is 5.68. The van der Waals surface area contributed by atoms with Crippen LogP contribution in [-0.4, -0.2) is 46.8 Å². The first kappa shape index (κ1) is 25.8. The molecule has 3 rings (SSSR count). The Morgan fingerprint density at radius 3 is 2.20 bits per heavy atom. The van der Waals surface area contributed by atoms with E-state index < -0.39 is 0 Å². The lowest BCUT2D eigenvalue weighted by molar-refractivity contribution is -0.116. The van der Waals surface area contributed by atoms with E-state index >= 15 is 0 Å². The van der Waals surface area contributed by atoms with Gasteiger partial charge >= 0.3 is 6.03 Å². The van der Waals surface area contributed by atoms with Crippen molar-refractivity contribution in [3.63, 3.8) is 0 Å². The summed E-state index contributed by atoms with van der Waals surface area (Å²) in [5, 5.41) is 10.5. The van der Waals surface area contributed by atoms with Crippen LogP contribution < -0.4 is 15.4 Å². The number of likely N-dealkylation sites (N-methyl/N-ethyl adjacent to an activating group) is 1. The average molecular weight is 478 g/mol. The predicted molar refractivity (Wildman–Crippen MR) is 140 cm³/mol. The third kappa shape index (κ3) is 6.62. The maximum atomic E-state index is 13.0. The topological polar surface area (TPSA) is 88.5 Å². The van der Waals surface area contributed by atoms with Crippen molar-refractivity contribution in [2.45, 2.75) is 46.5 Å². The summed E-state index contributed by atoms with van der Waals surface area (Å²) in [6, 6.07) is 16.7. The van der Waals surface area contributed by atoms with Crippen LogP contribution in [0.1, 0.15) is 45.9 Å². The van der Waals surface area contributed by atoms with Crippen LogP contribution in [0.2, 0.25) is 0 Å². The highest BCUT2D eigenvalue weighted by Crippen LogP contribution is 2.27. The van der Waals surface area contributed by atoms with Gasteiger partial charge in [-0.1, -0.05) is 39.8 Å². The minimum Gasteiger partial charge on any atom is -0.497 e. The molecule has 3 amide bonds. The molecule has 8 heteroatoms. The number of methoxy groups -OCH3 is 1. The van der Waals surface area contributed by atoms with Gasteiger partial charge in [0.2, 0.25) is 5.91 Å². The average Bonchev–Trinajstić information content (AvgIpc) is 3.27. The van der Waals surface area contributed by atoms with Gasteiger partial charge in [0.15, 0.2) is 0 Å². The summed E-state index contributed by atoms with van der Waals surface area (Å²) >= 11 is 0. The Balaban J connectivity index is 1.75. The molecule has 2 N–H and O–H groups in total. The van der Waals surface area contributed by atoms with Crippen molar-refractivity contribution in [3.05, 3.63) is 65.9 Å². The highest BCUT2D eigenvalue weighted by molar-refractivity contribution is 5.96. The second kappa shape index (κ2) is 11.1. The lowest BCUT2D eigenvalue weighted by Crippen LogP contribution is -2.40. The van der Waals surface area contributed by atoms with Crippen LogP contribution in [0.5, 0.6) is 5.75 Å². The molecule has 0 aliphatic rings. The summed E-state index contributed by atoms with van der Waals surface area (Å²) in [4.78, 5) is 27.2. The normalized spacial score (nSPS) is 11.1. The molecular formula is C27H35N5O3. The smallest absolute Gasteiger partial charge is 0.322 e. The van der Waals surface area contributed by atoms with Crippen LogP contribution in [-0.2, 0) is 16.6 Å². The molecule has 186 valence electrons. The largest absolute Gasteiger partial charge is 0.497 e. The lowest BCUT2D eigenvalue weighted by Gasteiger charge is -2.21. The Hall–Kier alpha value is -3.81. The number of ether oxygens (including phenoxy) is 1. The molecule has 2 aromatic carbocycles. The molecule has 0 aliphatic carbocycles. The van der Waals surface area contributed by atoms with E-state index in [-0.39, 0.29) is 23.9 Å². The summed E-state index contributed by atoms with van der Waals surface area (Å²) in [6.07, 6.45) is 0.930. The Bertz CT molecular complexity index is 1150. The number of benzene rings is 2. The van der Waals surface area contributed by atoms with Gasteiger partial charge in [-0.25, -0.2) is 9.48 Å². The minimum absolute atomic E-state index is 0.0893. The third-order valence-corrected chi connectivity index (χ3v) is 5.68.